The van der Waals surface area contributed by atoms with Gasteiger partial charge in [-0.1, -0.05) is 0 Å². The highest BCUT2D eigenvalue weighted by molar-refractivity contribution is 5.96. The van der Waals surface area contributed by atoms with Crippen LogP contribution in [0.2, 0.25) is 0 Å². The Morgan fingerprint density at radius 2 is 2.07 bits per heavy atom. The van der Waals surface area contributed by atoms with Crippen molar-refractivity contribution in [3.8, 4) is 11.8 Å². The van der Waals surface area contributed by atoms with Gasteiger partial charge in [0.25, 0.3) is 0 Å². The van der Waals surface area contributed by atoms with Crippen molar-refractivity contribution in [2.75, 3.05) is 13.2 Å². The number of hydrogen-bond acceptors (Lipinski definition) is 7. The first-order valence-electron chi connectivity index (χ1n) is 8.95. The number of nitrogens with zero attached hydrogens (tertiary/aromatic N) is 1. The van der Waals surface area contributed by atoms with Crippen LogP contribution >= 0.6 is 0 Å². The summed E-state index contributed by atoms with van der Waals surface area (Å²) in [6, 6.07) is 8.35. The lowest BCUT2D eigenvalue weighted by Gasteiger charge is -2.36. The quantitative estimate of drug-likeness (QED) is 0.710. The van der Waals surface area contributed by atoms with Crippen molar-refractivity contribution < 1.29 is 28.5 Å². The molecule has 1 aliphatic heterocycles. The van der Waals surface area contributed by atoms with Crippen molar-refractivity contribution in [1.29, 1.82) is 5.26 Å². The van der Waals surface area contributed by atoms with Crippen LogP contribution < -0.4 is 4.74 Å². The summed E-state index contributed by atoms with van der Waals surface area (Å²) in [5, 5.41) is 8.61. The standard InChI is InChI=1S/C20H21NO6/c1-2-24-20(23)13-3-5-14(6-4-13)27-18-12-26-17-11-15(25-10-9-21)7-8-16(17)19(18)22/h3-6,12,15-17H,2,7-8,10-11H2,1H3. The van der Waals surface area contributed by atoms with E-state index in [9.17, 15) is 9.59 Å². The van der Waals surface area contributed by atoms with E-state index < -0.39 is 5.97 Å². The highest BCUT2D eigenvalue weighted by atomic mass is 16.5. The first kappa shape index (κ1) is 18.9. The third kappa shape index (κ3) is 4.47. The summed E-state index contributed by atoms with van der Waals surface area (Å²) in [6.07, 6.45) is 2.94. The van der Waals surface area contributed by atoms with Crippen molar-refractivity contribution in [2.24, 2.45) is 5.92 Å². The third-order valence-corrected chi connectivity index (χ3v) is 4.65. The molecule has 1 heterocycles. The zero-order valence-corrected chi connectivity index (χ0v) is 15.1. The van der Waals surface area contributed by atoms with Gasteiger partial charge in [-0.15, -0.1) is 0 Å². The highest BCUT2D eigenvalue weighted by Gasteiger charge is 2.41. The van der Waals surface area contributed by atoms with Crippen LogP contribution in [0.1, 0.15) is 36.5 Å². The average molecular weight is 371 g/mol. The first-order chi connectivity index (χ1) is 13.1. The molecule has 3 rings (SSSR count). The second kappa shape index (κ2) is 8.69. The highest BCUT2D eigenvalue weighted by Crippen LogP contribution is 2.35. The van der Waals surface area contributed by atoms with E-state index in [0.29, 0.717) is 37.2 Å². The van der Waals surface area contributed by atoms with Crippen LogP contribution in [0.25, 0.3) is 0 Å². The Labute approximate surface area is 157 Å². The largest absolute Gasteiger partial charge is 0.493 e. The molecule has 0 bridgehead atoms. The molecule has 0 aromatic heterocycles. The number of hydrogen-bond donors (Lipinski definition) is 0. The van der Waals surface area contributed by atoms with Crippen molar-refractivity contribution in [2.45, 2.75) is 38.4 Å². The molecular weight excluding hydrogens is 350 g/mol. The molecule has 3 atom stereocenters. The van der Waals surface area contributed by atoms with Crippen LogP contribution in [-0.2, 0) is 19.0 Å². The lowest BCUT2D eigenvalue weighted by atomic mass is 9.80. The van der Waals surface area contributed by atoms with Crippen LogP contribution in [0.15, 0.2) is 36.3 Å². The molecule has 142 valence electrons. The Bertz CT molecular complexity index is 764. The molecule has 0 N–H and O–H groups in total. The van der Waals surface area contributed by atoms with E-state index in [1.807, 2.05) is 6.07 Å². The first-order valence-corrected chi connectivity index (χ1v) is 8.95. The van der Waals surface area contributed by atoms with E-state index in [1.54, 1.807) is 31.2 Å². The Balaban J connectivity index is 1.62. The summed E-state index contributed by atoms with van der Waals surface area (Å²) in [6.45, 7) is 2.09. The third-order valence-electron chi connectivity index (χ3n) is 4.65. The molecule has 27 heavy (non-hydrogen) atoms. The van der Waals surface area contributed by atoms with E-state index in [0.717, 1.165) is 0 Å². The maximum Gasteiger partial charge on any atom is 0.338 e. The van der Waals surface area contributed by atoms with Gasteiger partial charge >= 0.3 is 5.97 Å². The Morgan fingerprint density at radius 3 is 2.78 bits per heavy atom. The molecule has 2 aliphatic rings. The van der Waals surface area contributed by atoms with Gasteiger partial charge in [0.15, 0.2) is 0 Å². The predicted molar refractivity (Wildman–Crippen MR) is 93.7 cm³/mol. The SMILES string of the molecule is CCOC(=O)c1ccc(OC2=COC3CC(OCC#N)CCC3C2=O)cc1. The topological polar surface area (TPSA) is 94.8 Å². The molecule has 1 fully saturated rings. The summed E-state index contributed by atoms with van der Waals surface area (Å²) in [4.78, 5) is 24.4. The lowest BCUT2D eigenvalue weighted by Crippen LogP contribution is -2.42. The Hall–Kier alpha value is -2.85. The molecule has 3 unspecified atom stereocenters. The summed E-state index contributed by atoms with van der Waals surface area (Å²) in [7, 11) is 0. The maximum atomic E-state index is 12.7. The number of Topliss-reactive ketones (excluding diaryl/α,β-unsaturated/α-hetero) is 1. The average Bonchev–Trinajstić information content (AvgIpc) is 2.69. The number of esters is 1. The van der Waals surface area contributed by atoms with E-state index >= 15 is 0 Å². The van der Waals surface area contributed by atoms with Gasteiger partial charge in [0.1, 0.15) is 24.7 Å². The van der Waals surface area contributed by atoms with Crippen molar-refractivity contribution in [3.63, 3.8) is 0 Å². The number of rotatable bonds is 6. The molecular formula is C20H21NO6. The fourth-order valence-corrected chi connectivity index (χ4v) is 3.31. The summed E-state index contributed by atoms with van der Waals surface area (Å²) >= 11 is 0. The van der Waals surface area contributed by atoms with Crippen molar-refractivity contribution in [1.82, 2.24) is 0 Å². The lowest BCUT2D eigenvalue weighted by molar-refractivity contribution is -0.133. The van der Waals surface area contributed by atoms with E-state index in [4.69, 9.17) is 24.2 Å². The van der Waals surface area contributed by atoms with Gasteiger partial charge in [0.2, 0.25) is 11.5 Å². The van der Waals surface area contributed by atoms with Crippen molar-refractivity contribution >= 4 is 11.8 Å². The second-order valence-corrected chi connectivity index (χ2v) is 6.38. The van der Waals surface area contributed by atoms with Gasteiger partial charge in [-0.25, -0.2) is 4.79 Å². The van der Waals surface area contributed by atoms with E-state index in [1.165, 1.54) is 6.26 Å². The zero-order chi connectivity index (χ0) is 19.2. The minimum atomic E-state index is -0.404. The number of benzene rings is 1. The van der Waals surface area contributed by atoms with Crippen LogP contribution in [0.3, 0.4) is 0 Å². The molecule has 0 spiro atoms. The van der Waals surface area contributed by atoms with E-state index in [2.05, 4.69) is 0 Å². The van der Waals surface area contributed by atoms with Gasteiger partial charge in [-0.3, -0.25) is 4.79 Å². The molecule has 1 saturated carbocycles. The molecule has 7 heteroatoms. The molecule has 0 radical (unpaired) electrons. The number of carbonyl (C=O) groups is 2. The van der Waals surface area contributed by atoms with Gasteiger partial charge in [-0.05, 0) is 44.0 Å². The molecule has 1 aromatic carbocycles. The minimum absolute atomic E-state index is 0.0436. The number of carbonyl (C=O) groups excluding carboxylic acids is 2. The van der Waals surface area contributed by atoms with Gasteiger partial charge in [0, 0.05) is 6.42 Å². The van der Waals surface area contributed by atoms with Gasteiger partial charge in [-0.2, -0.15) is 5.26 Å². The van der Waals surface area contributed by atoms with Crippen LogP contribution in [0.5, 0.6) is 5.75 Å². The molecule has 0 amide bonds. The summed E-state index contributed by atoms with van der Waals surface area (Å²) < 4.78 is 21.7. The Kier molecular flexibility index (Phi) is 6.09. The number of nitriles is 1. The zero-order valence-electron chi connectivity index (χ0n) is 15.1. The van der Waals surface area contributed by atoms with E-state index in [-0.39, 0.29) is 36.3 Å². The fraction of sp³-hybridized carbons (Fsp3) is 0.450. The normalized spacial score (nSPS) is 24.1. The molecule has 1 aromatic rings. The summed E-state index contributed by atoms with van der Waals surface area (Å²) in [5.74, 6) is -0.184. The Morgan fingerprint density at radius 1 is 1.30 bits per heavy atom. The predicted octanol–water partition coefficient (Wildman–Crippen LogP) is 2.76. The summed E-state index contributed by atoms with van der Waals surface area (Å²) in [5.41, 5.74) is 0.417. The minimum Gasteiger partial charge on any atom is -0.493 e. The maximum absolute atomic E-state index is 12.7. The monoisotopic (exact) mass is 371 g/mol. The second-order valence-electron chi connectivity index (χ2n) is 6.38. The smallest absolute Gasteiger partial charge is 0.338 e. The molecule has 0 saturated heterocycles. The van der Waals surface area contributed by atoms with Crippen LogP contribution in [-0.4, -0.2) is 37.2 Å². The molecule has 7 nitrogen and oxygen atoms in total. The van der Waals surface area contributed by atoms with Gasteiger partial charge < -0.3 is 18.9 Å². The van der Waals surface area contributed by atoms with Gasteiger partial charge in [0.05, 0.1) is 30.3 Å². The van der Waals surface area contributed by atoms with Crippen LogP contribution in [0, 0.1) is 17.2 Å². The number of allylic oxidation sites excluding steroid dienone is 1. The molecule has 1 aliphatic carbocycles. The van der Waals surface area contributed by atoms with Crippen molar-refractivity contribution in [3.05, 3.63) is 41.9 Å². The van der Waals surface area contributed by atoms with Crippen LogP contribution in [0.4, 0.5) is 0 Å². The number of fused-ring (bicyclic) bond motifs is 1. The fourth-order valence-electron chi connectivity index (χ4n) is 3.31. The number of ether oxygens (including phenoxy) is 4. The number of ketones is 1.